The Balaban J connectivity index is 2.23. The van der Waals surface area contributed by atoms with Gasteiger partial charge in [-0.1, -0.05) is 30.3 Å². The molecule has 0 unspecified atom stereocenters. The maximum Gasteiger partial charge on any atom is 0.129 e. The van der Waals surface area contributed by atoms with E-state index in [2.05, 4.69) is 4.72 Å². The lowest BCUT2D eigenvalue weighted by atomic mass is 9.84. The van der Waals surface area contributed by atoms with Gasteiger partial charge in [-0.25, -0.2) is 8.93 Å². The quantitative estimate of drug-likeness (QED) is 0.893. The summed E-state index contributed by atoms with van der Waals surface area (Å²) >= 11 is 0. The Morgan fingerprint density at radius 2 is 2.00 bits per heavy atom. The molecule has 3 atom stereocenters. The molecule has 0 bridgehead atoms. The highest BCUT2D eigenvalue weighted by Gasteiger charge is 2.43. The van der Waals surface area contributed by atoms with E-state index in [-0.39, 0.29) is 17.4 Å². The Labute approximate surface area is 123 Å². The zero-order valence-corrected chi connectivity index (χ0v) is 13.1. The molecular weight excluding hydrogens is 274 g/mol. The van der Waals surface area contributed by atoms with Crippen molar-refractivity contribution in [2.75, 3.05) is 13.2 Å². The largest absolute Gasteiger partial charge is 0.381 e. The van der Waals surface area contributed by atoms with Crippen molar-refractivity contribution >= 4 is 11.0 Å². The van der Waals surface area contributed by atoms with Crippen molar-refractivity contribution in [1.29, 1.82) is 0 Å². The molecule has 112 valence electrons. The van der Waals surface area contributed by atoms with Crippen LogP contribution < -0.4 is 4.72 Å². The average Bonchev–Trinajstić information content (AvgIpc) is 2.41. The summed E-state index contributed by atoms with van der Waals surface area (Å²) in [5, 5.41) is 11.0. The van der Waals surface area contributed by atoms with Crippen molar-refractivity contribution in [3.63, 3.8) is 0 Å². The summed E-state index contributed by atoms with van der Waals surface area (Å²) in [5.74, 6) is 0. The molecule has 4 nitrogen and oxygen atoms in total. The first-order valence-electron chi connectivity index (χ1n) is 6.88. The third-order valence-corrected chi connectivity index (χ3v) is 5.14. The van der Waals surface area contributed by atoms with E-state index >= 15 is 0 Å². The van der Waals surface area contributed by atoms with Crippen LogP contribution in [-0.2, 0) is 21.3 Å². The SMILES string of the molecule is CC(C)(C)[S@@](=O)N[C@H]1CCOC[C@@]1(O)c1ccccc1. The second-order valence-electron chi connectivity index (χ2n) is 6.18. The number of ether oxygens (including phenoxy) is 1. The van der Waals surface area contributed by atoms with Crippen LogP contribution in [0.1, 0.15) is 32.8 Å². The Morgan fingerprint density at radius 3 is 2.60 bits per heavy atom. The number of aliphatic hydroxyl groups is 1. The second-order valence-corrected chi connectivity index (χ2v) is 8.18. The molecule has 2 rings (SSSR count). The summed E-state index contributed by atoms with van der Waals surface area (Å²) in [5.41, 5.74) is -0.344. The van der Waals surface area contributed by atoms with Crippen LogP contribution in [0.15, 0.2) is 30.3 Å². The van der Waals surface area contributed by atoms with Crippen molar-refractivity contribution < 1.29 is 14.1 Å². The summed E-state index contributed by atoms with van der Waals surface area (Å²) in [4.78, 5) is 0. The summed E-state index contributed by atoms with van der Waals surface area (Å²) in [6.07, 6.45) is 0.632. The molecule has 1 aromatic rings. The fraction of sp³-hybridized carbons (Fsp3) is 0.600. The minimum atomic E-state index is -1.22. The number of hydrogen-bond acceptors (Lipinski definition) is 3. The summed E-state index contributed by atoms with van der Waals surface area (Å²) in [6.45, 7) is 6.52. The van der Waals surface area contributed by atoms with E-state index in [0.29, 0.717) is 13.0 Å². The Morgan fingerprint density at radius 1 is 1.35 bits per heavy atom. The zero-order valence-electron chi connectivity index (χ0n) is 12.3. The fourth-order valence-electron chi connectivity index (χ4n) is 2.24. The topological polar surface area (TPSA) is 58.6 Å². The van der Waals surface area contributed by atoms with E-state index in [1.807, 2.05) is 51.1 Å². The Hall–Kier alpha value is -0.750. The summed E-state index contributed by atoms with van der Waals surface area (Å²) in [6, 6.07) is 9.16. The van der Waals surface area contributed by atoms with Gasteiger partial charge in [-0.2, -0.15) is 0 Å². The summed E-state index contributed by atoms with van der Waals surface area (Å²) < 4.78 is 20.5. The van der Waals surface area contributed by atoms with Gasteiger partial charge in [-0.05, 0) is 32.8 Å². The smallest absolute Gasteiger partial charge is 0.129 e. The molecule has 1 aliphatic rings. The number of nitrogens with one attached hydrogen (secondary N) is 1. The standard InChI is InChI=1S/C15H23NO3S/c1-14(2,3)20(18)16-13-9-10-19-11-15(13,17)12-7-5-4-6-8-12/h4-8,13,16-17H,9-11H2,1-3H3/t13-,15+,20+/m0/s1. The van der Waals surface area contributed by atoms with E-state index in [9.17, 15) is 9.32 Å². The normalized spacial score (nSPS) is 29.1. The lowest BCUT2D eigenvalue weighted by Gasteiger charge is -2.41. The molecule has 2 N–H and O–H groups in total. The molecule has 20 heavy (non-hydrogen) atoms. The number of hydrogen-bond donors (Lipinski definition) is 2. The number of rotatable bonds is 3. The highest BCUT2D eigenvalue weighted by atomic mass is 32.2. The van der Waals surface area contributed by atoms with E-state index in [1.54, 1.807) is 0 Å². The molecule has 1 aliphatic heterocycles. The maximum absolute atomic E-state index is 12.3. The number of benzene rings is 1. The molecule has 1 fully saturated rings. The van der Waals surface area contributed by atoms with Gasteiger partial charge in [0, 0.05) is 6.61 Å². The van der Waals surface area contributed by atoms with Crippen molar-refractivity contribution in [3.8, 4) is 0 Å². The first kappa shape index (κ1) is 15.6. The Kier molecular flexibility index (Phi) is 4.64. The molecular formula is C15H23NO3S. The highest BCUT2D eigenvalue weighted by Crippen LogP contribution is 2.31. The molecule has 1 heterocycles. The van der Waals surface area contributed by atoms with Crippen LogP contribution in [0.2, 0.25) is 0 Å². The monoisotopic (exact) mass is 297 g/mol. The molecule has 1 saturated heterocycles. The van der Waals surface area contributed by atoms with Crippen LogP contribution in [0.3, 0.4) is 0 Å². The minimum absolute atomic E-state index is 0.218. The molecule has 0 amide bonds. The van der Waals surface area contributed by atoms with E-state index in [0.717, 1.165) is 5.56 Å². The molecule has 0 saturated carbocycles. The molecule has 0 aromatic heterocycles. The van der Waals surface area contributed by atoms with Gasteiger partial charge >= 0.3 is 0 Å². The van der Waals surface area contributed by atoms with E-state index in [4.69, 9.17) is 4.74 Å². The second kappa shape index (κ2) is 5.93. The van der Waals surface area contributed by atoms with Crippen LogP contribution >= 0.6 is 0 Å². The van der Waals surface area contributed by atoms with Crippen LogP contribution in [0.5, 0.6) is 0 Å². The van der Waals surface area contributed by atoms with Crippen LogP contribution in [-0.4, -0.2) is 33.3 Å². The van der Waals surface area contributed by atoms with Gasteiger partial charge in [-0.3, -0.25) is 0 Å². The lowest BCUT2D eigenvalue weighted by Crippen LogP contribution is -2.56. The van der Waals surface area contributed by atoms with Crippen molar-refractivity contribution in [1.82, 2.24) is 4.72 Å². The van der Waals surface area contributed by atoms with Crippen LogP contribution in [0.25, 0.3) is 0 Å². The average molecular weight is 297 g/mol. The van der Waals surface area contributed by atoms with Gasteiger partial charge in [0.15, 0.2) is 0 Å². The van der Waals surface area contributed by atoms with Gasteiger partial charge in [0.2, 0.25) is 0 Å². The maximum atomic E-state index is 12.3. The zero-order chi connectivity index (χ0) is 14.8. The van der Waals surface area contributed by atoms with Gasteiger partial charge in [0.1, 0.15) is 5.60 Å². The first-order valence-corrected chi connectivity index (χ1v) is 8.03. The predicted molar refractivity (Wildman–Crippen MR) is 80.6 cm³/mol. The molecule has 0 spiro atoms. The fourth-order valence-corrected chi connectivity index (χ4v) is 3.17. The van der Waals surface area contributed by atoms with E-state index in [1.165, 1.54) is 0 Å². The lowest BCUT2D eigenvalue weighted by molar-refractivity contribution is -0.107. The van der Waals surface area contributed by atoms with Crippen molar-refractivity contribution in [3.05, 3.63) is 35.9 Å². The van der Waals surface area contributed by atoms with Gasteiger partial charge in [-0.15, -0.1) is 0 Å². The first-order chi connectivity index (χ1) is 9.34. The minimum Gasteiger partial charge on any atom is -0.381 e. The van der Waals surface area contributed by atoms with E-state index < -0.39 is 16.6 Å². The van der Waals surface area contributed by atoms with Crippen LogP contribution in [0.4, 0.5) is 0 Å². The van der Waals surface area contributed by atoms with Crippen LogP contribution in [0, 0.1) is 0 Å². The summed E-state index contributed by atoms with van der Waals surface area (Å²) in [7, 11) is -1.22. The third kappa shape index (κ3) is 3.28. The Bertz CT molecular complexity index is 472. The third-order valence-electron chi connectivity index (χ3n) is 3.53. The van der Waals surface area contributed by atoms with Crippen molar-refractivity contribution in [2.24, 2.45) is 0 Å². The highest BCUT2D eigenvalue weighted by molar-refractivity contribution is 7.84. The van der Waals surface area contributed by atoms with Gasteiger partial charge in [0.25, 0.3) is 0 Å². The van der Waals surface area contributed by atoms with Crippen molar-refractivity contribution in [2.45, 2.75) is 43.6 Å². The predicted octanol–water partition coefficient (Wildman–Crippen LogP) is 1.71. The molecule has 0 aliphatic carbocycles. The molecule has 0 radical (unpaired) electrons. The van der Waals surface area contributed by atoms with Gasteiger partial charge < -0.3 is 9.84 Å². The molecule has 5 heteroatoms. The molecule has 1 aromatic carbocycles. The van der Waals surface area contributed by atoms with Gasteiger partial charge in [0.05, 0.1) is 28.4 Å².